The van der Waals surface area contributed by atoms with Crippen LogP contribution in [0.1, 0.15) is 25.7 Å². The van der Waals surface area contributed by atoms with Gasteiger partial charge in [0.1, 0.15) is 13.6 Å². The summed E-state index contributed by atoms with van der Waals surface area (Å²) in [5, 5.41) is 0. The van der Waals surface area contributed by atoms with Crippen molar-refractivity contribution in [3.8, 4) is 0 Å². The van der Waals surface area contributed by atoms with Crippen molar-refractivity contribution in [1.82, 2.24) is 0 Å². The van der Waals surface area contributed by atoms with Crippen LogP contribution in [0.2, 0.25) is 0 Å². The summed E-state index contributed by atoms with van der Waals surface area (Å²) < 4.78 is 32.6. The van der Waals surface area contributed by atoms with Gasteiger partial charge in [-0.3, -0.25) is 0 Å². The summed E-state index contributed by atoms with van der Waals surface area (Å²) in [6.45, 7) is 1.12. The number of nitrogens with zero attached hydrogens (tertiary/aromatic N) is 1. The van der Waals surface area contributed by atoms with Crippen LogP contribution in [0.4, 0.5) is 0 Å². The topological polar surface area (TPSA) is 113 Å². The molecule has 7 heteroatoms. The molecule has 1 heterocycles. The van der Waals surface area contributed by atoms with E-state index in [0.29, 0.717) is 0 Å². The van der Waals surface area contributed by atoms with Gasteiger partial charge in [-0.25, -0.2) is 4.58 Å². The molecule has 2 aliphatic rings. The molecule has 0 bridgehead atoms. The third-order valence-electron chi connectivity index (χ3n) is 2.75. The zero-order valence-corrected chi connectivity index (χ0v) is 9.94. The molecule has 0 aromatic rings. The molecule has 0 radical (unpaired) electrons. The SMILES string of the molecule is C[N+]1=C2CCCC2=C(N)CC1.[O-][Cl+](O)(O)O. The van der Waals surface area contributed by atoms with Gasteiger partial charge >= 0.3 is 28.9 Å². The Morgan fingerprint density at radius 3 is 2.31 bits per heavy atom. The molecule has 1 fully saturated rings. The normalized spacial score (nSPS) is 21.6. The second-order valence-corrected chi connectivity index (χ2v) is 4.78. The average molecular weight is 254 g/mol. The van der Waals surface area contributed by atoms with Gasteiger partial charge in [0.15, 0.2) is 5.71 Å². The summed E-state index contributed by atoms with van der Waals surface area (Å²) in [5.41, 5.74) is 10.0. The van der Waals surface area contributed by atoms with E-state index in [-0.39, 0.29) is 0 Å². The van der Waals surface area contributed by atoms with Crippen LogP contribution in [0, 0.1) is 10.2 Å². The second-order valence-electron chi connectivity index (χ2n) is 3.91. The average Bonchev–Trinajstić information content (AvgIpc) is 2.58. The molecule has 2 rings (SSSR count). The van der Waals surface area contributed by atoms with Crippen molar-refractivity contribution in [2.45, 2.75) is 25.7 Å². The van der Waals surface area contributed by atoms with Gasteiger partial charge in [-0.2, -0.15) is 0 Å². The quantitative estimate of drug-likeness (QED) is 0.374. The number of rotatable bonds is 0. The van der Waals surface area contributed by atoms with Gasteiger partial charge in [-0.05, 0) is 12.8 Å². The molecule has 0 saturated heterocycles. The van der Waals surface area contributed by atoms with Gasteiger partial charge in [0, 0.05) is 24.1 Å². The Labute approximate surface area is 96.0 Å². The Morgan fingerprint density at radius 1 is 1.25 bits per heavy atom. The van der Waals surface area contributed by atoms with E-state index < -0.39 is 10.2 Å². The molecule has 16 heavy (non-hydrogen) atoms. The van der Waals surface area contributed by atoms with Crippen LogP contribution in [0.15, 0.2) is 11.3 Å². The summed E-state index contributed by atoms with van der Waals surface area (Å²) in [5.74, 6) is 0. The standard InChI is InChI=1S/C9H14N2.ClH3O4/c1-11-6-5-8(10)7-3-2-4-9(7)11;2-1(3,4)5/h10H,2-6H2,1H3;2-4H/p+1. The molecule has 0 unspecified atom stereocenters. The summed E-state index contributed by atoms with van der Waals surface area (Å²) in [6.07, 6.45) is 4.82. The van der Waals surface area contributed by atoms with Crippen LogP contribution in [-0.2, 0) is 0 Å². The molecule has 0 spiro atoms. The van der Waals surface area contributed by atoms with E-state index in [1.165, 1.54) is 30.5 Å². The summed E-state index contributed by atoms with van der Waals surface area (Å²) in [4.78, 5) is 0. The summed E-state index contributed by atoms with van der Waals surface area (Å²) in [6, 6.07) is 0. The van der Waals surface area contributed by atoms with Crippen LogP contribution in [0.5, 0.6) is 0 Å². The van der Waals surface area contributed by atoms with Gasteiger partial charge in [-0.1, -0.05) is 0 Å². The van der Waals surface area contributed by atoms with Crippen LogP contribution in [-0.4, -0.2) is 37.9 Å². The number of fused-ring (bicyclic) bond motifs is 1. The number of nitrogens with two attached hydrogens (primary N) is 1. The summed E-state index contributed by atoms with van der Waals surface area (Å²) >= 11 is 0. The fraction of sp³-hybridized carbons (Fsp3) is 0.667. The van der Waals surface area contributed by atoms with Crippen LogP contribution in [0.3, 0.4) is 0 Å². The molecule has 1 aliphatic carbocycles. The Balaban J connectivity index is 0.000000221. The maximum atomic E-state index is 8.83. The molecular weight excluding hydrogens is 236 g/mol. The minimum absolute atomic E-state index is 1.06. The zero-order chi connectivity index (χ0) is 12.3. The molecule has 0 amide bonds. The zero-order valence-electron chi connectivity index (χ0n) is 9.19. The summed E-state index contributed by atoms with van der Waals surface area (Å²) in [7, 11) is -2.02. The van der Waals surface area contributed by atoms with E-state index in [4.69, 9.17) is 24.4 Å². The van der Waals surface area contributed by atoms with Gasteiger partial charge in [0.2, 0.25) is 0 Å². The first-order chi connectivity index (χ1) is 7.29. The van der Waals surface area contributed by atoms with Gasteiger partial charge in [-0.15, -0.1) is 0 Å². The van der Waals surface area contributed by atoms with Gasteiger partial charge in [0.25, 0.3) is 0 Å². The van der Waals surface area contributed by atoms with Crippen LogP contribution >= 0.6 is 0 Å². The maximum absolute atomic E-state index is 8.83. The van der Waals surface area contributed by atoms with Gasteiger partial charge < -0.3 is 5.73 Å². The van der Waals surface area contributed by atoms with Crippen LogP contribution < -0.4 is 10.4 Å². The van der Waals surface area contributed by atoms with Crippen molar-refractivity contribution in [3.63, 3.8) is 0 Å². The van der Waals surface area contributed by atoms with E-state index >= 15 is 0 Å². The number of allylic oxidation sites excluding steroid dienone is 1. The van der Waals surface area contributed by atoms with E-state index in [9.17, 15) is 0 Å². The van der Waals surface area contributed by atoms with Crippen molar-refractivity contribution >= 4 is 5.71 Å². The second kappa shape index (κ2) is 5.11. The first kappa shape index (κ1) is 13.4. The van der Waals surface area contributed by atoms with Crippen molar-refractivity contribution < 1.29 is 33.5 Å². The van der Waals surface area contributed by atoms with E-state index in [1.807, 2.05) is 0 Å². The van der Waals surface area contributed by atoms with E-state index in [1.54, 1.807) is 0 Å². The molecule has 5 N–H and O–H groups in total. The Hall–Kier alpha value is -0.660. The predicted molar refractivity (Wildman–Crippen MR) is 52.4 cm³/mol. The Kier molecular flexibility index (Phi) is 4.28. The third-order valence-corrected chi connectivity index (χ3v) is 2.75. The first-order valence-corrected chi connectivity index (χ1v) is 6.32. The van der Waals surface area contributed by atoms with Crippen LogP contribution in [0.25, 0.3) is 0 Å². The molecular formula is C9H18ClN2O4+. The minimum atomic E-state index is -4.19. The number of halogens is 1. The van der Waals surface area contributed by atoms with Crippen molar-refractivity contribution in [3.05, 3.63) is 11.3 Å². The van der Waals surface area contributed by atoms with Gasteiger partial charge in [0.05, 0.1) is 0 Å². The molecule has 0 atom stereocenters. The van der Waals surface area contributed by atoms with Crippen molar-refractivity contribution in [2.75, 3.05) is 13.6 Å². The molecule has 0 aromatic heterocycles. The fourth-order valence-electron chi connectivity index (χ4n) is 2.07. The predicted octanol–water partition coefficient (Wildman–Crippen LogP) is -1.99. The van der Waals surface area contributed by atoms with Crippen molar-refractivity contribution in [2.24, 2.45) is 5.73 Å². The van der Waals surface area contributed by atoms with Crippen molar-refractivity contribution in [1.29, 1.82) is 0 Å². The fourth-order valence-corrected chi connectivity index (χ4v) is 2.07. The Morgan fingerprint density at radius 2 is 1.81 bits per heavy atom. The molecule has 0 aromatic carbocycles. The molecule has 6 nitrogen and oxygen atoms in total. The third kappa shape index (κ3) is 4.07. The van der Waals surface area contributed by atoms with E-state index in [2.05, 4.69) is 11.6 Å². The molecule has 94 valence electrons. The molecule has 1 saturated carbocycles. The molecule has 1 aliphatic heterocycles. The first-order valence-electron chi connectivity index (χ1n) is 5.00. The van der Waals surface area contributed by atoms with E-state index in [0.717, 1.165) is 18.7 Å². The number of hydrogen-bond donors (Lipinski definition) is 4. The number of hydrogen-bond acceptors (Lipinski definition) is 5. The monoisotopic (exact) mass is 253 g/mol. The Bertz CT molecular complexity index is 301.